The van der Waals surface area contributed by atoms with Crippen molar-refractivity contribution in [1.29, 1.82) is 0 Å². The van der Waals surface area contributed by atoms with E-state index in [0.29, 0.717) is 58.7 Å². The highest BCUT2D eigenvalue weighted by Crippen LogP contribution is 2.39. The number of ether oxygens (including phenoxy) is 2. The molecule has 5 rings (SSSR count). The van der Waals surface area contributed by atoms with Crippen LogP contribution >= 0.6 is 11.6 Å². The smallest absolute Gasteiger partial charge is 0.261 e. The zero-order valence-electron chi connectivity index (χ0n) is 17.7. The third-order valence-electron chi connectivity index (χ3n) is 5.67. The highest BCUT2D eigenvalue weighted by molar-refractivity contribution is 6.31. The van der Waals surface area contributed by atoms with Crippen LogP contribution in [0.1, 0.15) is 10.4 Å². The van der Waals surface area contributed by atoms with Gasteiger partial charge in [-0.1, -0.05) is 11.6 Å². The average molecular weight is 469 g/mol. The number of fused-ring (bicyclic) bond motifs is 1. The summed E-state index contributed by atoms with van der Waals surface area (Å²) in [4.78, 5) is 17.4. The lowest BCUT2D eigenvalue weighted by molar-refractivity contribution is -0.145. The maximum atomic E-state index is 13.2. The summed E-state index contributed by atoms with van der Waals surface area (Å²) in [7, 11) is 1.56. The lowest BCUT2D eigenvalue weighted by Gasteiger charge is -2.40. The van der Waals surface area contributed by atoms with Gasteiger partial charge in [-0.05, 0) is 24.3 Å². The summed E-state index contributed by atoms with van der Waals surface area (Å²) < 4.78 is 14.2. The molecule has 4 aromatic rings. The summed E-state index contributed by atoms with van der Waals surface area (Å²) in [5.74, 6) is 0.187. The molecule has 10 nitrogen and oxygen atoms in total. The molecule has 1 aliphatic heterocycles. The molecule has 11 heteroatoms. The molecule has 0 aliphatic carbocycles. The van der Waals surface area contributed by atoms with Gasteiger partial charge in [-0.25, -0.2) is 9.50 Å². The molecule has 33 heavy (non-hydrogen) atoms. The summed E-state index contributed by atoms with van der Waals surface area (Å²) in [5, 5.41) is 22.0. The van der Waals surface area contributed by atoms with E-state index in [1.165, 1.54) is 10.7 Å². The standard InChI is InChI=1S/C22H21ClN6O4/c1-32-18-4-3-14(23)7-15(18)19-17(9-26-29(19)10-22(11-30)12-33-13-22)27-21(31)16-8-25-28-6-2-5-24-20(16)28/h2-9,30H,10-13H2,1H3,(H,27,31). The Morgan fingerprint density at radius 3 is 2.91 bits per heavy atom. The molecular formula is C22H21ClN6O4. The number of aromatic nitrogens is 5. The van der Waals surface area contributed by atoms with E-state index >= 15 is 0 Å². The first-order valence-electron chi connectivity index (χ1n) is 10.2. The van der Waals surface area contributed by atoms with Crippen molar-refractivity contribution in [2.75, 3.05) is 32.2 Å². The third kappa shape index (κ3) is 3.82. The average Bonchev–Trinajstić information content (AvgIpc) is 3.40. The van der Waals surface area contributed by atoms with Crippen molar-refractivity contribution in [2.24, 2.45) is 5.41 Å². The predicted octanol–water partition coefficient (Wildman–Crippen LogP) is 2.52. The lowest BCUT2D eigenvalue weighted by atomic mass is 9.87. The number of aliphatic hydroxyl groups excluding tert-OH is 1. The molecule has 0 atom stereocenters. The van der Waals surface area contributed by atoms with Gasteiger partial charge in [0.2, 0.25) is 0 Å². The molecule has 0 unspecified atom stereocenters. The van der Waals surface area contributed by atoms with Crippen molar-refractivity contribution in [3.05, 3.63) is 59.6 Å². The van der Waals surface area contributed by atoms with Crippen molar-refractivity contribution < 1.29 is 19.4 Å². The second-order valence-electron chi connectivity index (χ2n) is 7.96. The molecular weight excluding hydrogens is 448 g/mol. The summed E-state index contributed by atoms with van der Waals surface area (Å²) >= 11 is 6.29. The van der Waals surface area contributed by atoms with Gasteiger partial charge in [-0.15, -0.1) is 0 Å². The number of nitrogens with zero attached hydrogens (tertiary/aromatic N) is 5. The van der Waals surface area contributed by atoms with Crippen molar-refractivity contribution in [3.63, 3.8) is 0 Å². The minimum Gasteiger partial charge on any atom is -0.496 e. The number of methoxy groups -OCH3 is 1. The van der Waals surface area contributed by atoms with Gasteiger partial charge in [0.1, 0.15) is 11.3 Å². The molecule has 3 aromatic heterocycles. The third-order valence-corrected chi connectivity index (χ3v) is 5.90. The number of hydrogen-bond acceptors (Lipinski definition) is 7. The number of rotatable bonds is 7. The Bertz CT molecular complexity index is 1320. The number of amides is 1. The second kappa shape index (κ2) is 8.47. The molecule has 0 saturated carbocycles. The summed E-state index contributed by atoms with van der Waals surface area (Å²) in [5.41, 5.74) is 2.04. The number of carbonyl (C=O) groups is 1. The molecule has 0 radical (unpaired) electrons. The molecule has 0 spiro atoms. The first-order chi connectivity index (χ1) is 16.0. The van der Waals surface area contributed by atoms with E-state index in [0.717, 1.165) is 0 Å². The quantitative estimate of drug-likeness (QED) is 0.428. The van der Waals surface area contributed by atoms with Gasteiger partial charge >= 0.3 is 0 Å². The fraction of sp³-hybridized carbons (Fsp3) is 0.273. The first-order valence-corrected chi connectivity index (χ1v) is 10.6. The monoisotopic (exact) mass is 468 g/mol. The molecule has 170 valence electrons. The maximum absolute atomic E-state index is 13.2. The summed E-state index contributed by atoms with van der Waals surface area (Å²) in [6.07, 6.45) is 6.35. The number of hydrogen-bond donors (Lipinski definition) is 2. The minimum absolute atomic E-state index is 0.0469. The van der Waals surface area contributed by atoms with Gasteiger partial charge < -0.3 is 19.9 Å². The van der Waals surface area contributed by atoms with Crippen LogP contribution in [0.25, 0.3) is 16.9 Å². The lowest BCUT2D eigenvalue weighted by Crippen LogP contribution is -2.48. The van der Waals surface area contributed by atoms with Crippen LogP contribution < -0.4 is 10.1 Å². The van der Waals surface area contributed by atoms with Crippen LogP contribution in [0, 0.1) is 5.41 Å². The Morgan fingerprint density at radius 1 is 1.33 bits per heavy atom. The number of nitrogens with one attached hydrogen (secondary N) is 1. The second-order valence-corrected chi connectivity index (χ2v) is 8.40. The number of benzene rings is 1. The van der Waals surface area contributed by atoms with Crippen molar-refractivity contribution in [3.8, 4) is 17.0 Å². The van der Waals surface area contributed by atoms with Crippen molar-refractivity contribution >= 4 is 28.8 Å². The van der Waals surface area contributed by atoms with E-state index < -0.39 is 5.41 Å². The number of halogens is 1. The predicted molar refractivity (Wildman–Crippen MR) is 121 cm³/mol. The largest absolute Gasteiger partial charge is 0.496 e. The van der Waals surface area contributed by atoms with Crippen LogP contribution in [0.2, 0.25) is 5.02 Å². The highest BCUT2D eigenvalue weighted by atomic mass is 35.5. The number of aliphatic hydroxyl groups is 1. The van der Waals surface area contributed by atoms with Crippen LogP contribution in [0.3, 0.4) is 0 Å². The molecule has 1 fully saturated rings. The number of carbonyl (C=O) groups excluding carboxylic acids is 1. The van der Waals surface area contributed by atoms with Crippen molar-refractivity contribution in [1.82, 2.24) is 24.4 Å². The summed E-state index contributed by atoms with van der Waals surface area (Å²) in [6.45, 7) is 1.19. The Balaban J connectivity index is 1.57. The zero-order valence-corrected chi connectivity index (χ0v) is 18.5. The van der Waals surface area contributed by atoms with Gasteiger partial charge in [0.05, 0.1) is 62.7 Å². The fourth-order valence-electron chi connectivity index (χ4n) is 3.86. The van der Waals surface area contributed by atoms with Crippen LogP contribution in [-0.2, 0) is 11.3 Å². The molecule has 1 saturated heterocycles. The topological polar surface area (TPSA) is 116 Å². The van der Waals surface area contributed by atoms with Crippen LogP contribution in [0.4, 0.5) is 5.69 Å². The molecule has 1 aliphatic rings. The number of anilines is 1. The molecule has 4 heterocycles. The van der Waals surface area contributed by atoms with E-state index in [1.54, 1.807) is 54.6 Å². The molecule has 1 aromatic carbocycles. The Kier molecular flexibility index (Phi) is 5.49. The Labute approximate surface area is 193 Å². The van der Waals surface area contributed by atoms with Crippen LogP contribution in [0.5, 0.6) is 5.75 Å². The Morgan fingerprint density at radius 2 is 2.18 bits per heavy atom. The fourth-order valence-corrected chi connectivity index (χ4v) is 4.04. The van der Waals surface area contributed by atoms with E-state index in [-0.39, 0.29) is 12.5 Å². The molecule has 2 N–H and O–H groups in total. The van der Waals surface area contributed by atoms with Gasteiger partial charge in [0.25, 0.3) is 5.91 Å². The molecule has 1 amide bonds. The highest BCUT2D eigenvalue weighted by Gasteiger charge is 2.40. The van der Waals surface area contributed by atoms with Crippen molar-refractivity contribution in [2.45, 2.75) is 6.54 Å². The SMILES string of the molecule is COc1ccc(Cl)cc1-c1c(NC(=O)c2cnn3cccnc23)cnn1CC1(CO)COC1. The van der Waals surface area contributed by atoms with E-state index in [2.05, 4.69) is 20.5 Å². The van der Waals surface area contributed by atoms with Crippen LogP contribution in [-0.4, -0.2) is 62.3 Å². The van der Waals surface area contributed by atoms with Crippen LogP contribution in [0.15, 0.2) is 49.1 Å². The van der Waals surface area contributed by atoms with Gasteiger partial charge in [0.15, 0.2) is 5.65 Å². The Hall–Kier alpha value is -3.47. The van der Waals surface area contributed by atoms with E-state index in [1.807, 2.05) is 0 Å². The summed E-state index contributed by atoms with van der Waals surface area (Å²) in [6, 6.07) is 6.96. The zero-order chi connectivity index (χ0) is 23.0. The first kappa shape index (κ1) is 21.4. The van der Waals surface area contributed by atoms with Gasteiger partial charge in [-0.3, -0.25) is 9.48 Å². The van der Waals surface area contributed by atoms with Gasteiger partial charge in [0, 0.05) is 23.0 Å². The minimum atomic E-state index is -0.444. The van der Waals surface area contributed by atoms with Gasteiger partial charge in [-0.2, -0.15) is 10.2 Å². The normalized spacial score (nSPS) is 14.8. The molecule has 0 bridgehead atoms. The maximum Gasteiger partial charge on any atom is 0.261 e. The van der Waals surface area contributed by atoms with E-state index in [9.17, 15) is 9.90 Å². The van der Waals surface area contributed by atoms with E-state index in [4.69, 9.17) is 21.1 Å².